The van der Waals surface area contributed by atoms with Crippen molar-refractivity contribution in [2.75, 3.05) is 4.72 Å². The van der Waals surface area contributed by atoms with Crippen LogP contribution in [0.15, 0.2) is 47.4 Å². The van der Waals surface area contributed by atoms with Crippen molar-refractivity contribution in [1.29, 1.82) is 0 Å². The van der Waals surface area contributed by atoms with Crippen LogP contribution in [0.2, 0.25) is 0 Å². The van der Waals surface area contributed by atoms with Gasteiger partial charge >= 0.3 is 6.18 Å². The van der Waals surface area contributed by atoms with Crippen LogP contribution in [0.25, 0.3) is 0 Å². The van der Waals surface area contributed by atoms with Crippen LogP contribution in [0.4, 0.5) is 18.9 Å². The molecule has 0 aromatic heterocycles. The van der Waals surface area contributed by atoms with Crippen molar-refractivity contribution in [2.45, 2.75) is 24.9 Å². The molecule has 0 aliphatic heterocycles. The van der Waals surface area contributed by atoms with Gasteiger partial charge in [0.25, 0.3) is 10.0 Å². The Morgan fingerprint density at radius 2 is 1.55 bits per heavy atom. The molecule has 0 bridgehead atoms. The average molecular weight is 329 g/mol. The van der Waals surface area contributed by atoms with Gasteiger partial charge in [-0.05, 0) is 55.3 Å². The molecule has 0 saturated carbocycles. The lowest BCUT2D eigenvalue weighted by molar-refractivity contribution is -0.137. The zero-order valence-electron chi connectivity index (χ0n) is 11.9. The normalized spacial score (nSPS) is 12.2. The minimum atomic E-state index is -4.59. The summed E-state index contributed by atoms with van der Waals surface area (Å²) >= 11 is 0. The highest BCUT2D eigenvalue weighted by atomic mass is 32.2. The van der Waals surface area contributed by atoms with E-state index >= 15 is 0 Å². The average Bonchev–Trinajstić information content (AvgIpc) is 2.36. The summed E-state index contributed by atoms with van der Waals surface area (Å²) in [7, 11) is -4.08. The van der Waals surface area contributed by atoms with Crippen LogP contribution >= 0.6 is 0 Å². The minimum Gasteiger partial charge on any atom is -0.280 e. The van der Waals surface area contributed by atoms with Crippen LogP contribution in [0.5, 0.6) is 0 Å². The number of benzene rings is 2. The van der Waals surface area contributed by atoms with E-state index in [0.717, 1.165) is 29.3 Å². The number of hydrogen-bond acceptors (Lipinski definition) is 2. The predicted molar refractivity (Wildman–Crippen MR) is 78.2 cm³/mol. The van der Waals surface area contributed by atoms with Crippen LogP contribution in [0.3, 0.4) is 0 Å². The second-order valence-corrected chi connectivity index (χ2v) is 6.69. The number of anilines is 1. The zero-order valence-corrected chi connectivity index (χ0v) is 12.7. The van der Waals surface area contributed by atoms with Gasteiger partial charge in [-0.15, -0.1) is 0 Å². The van der Waals surface area contributed by atoms with Crippen LogP contribution in [0.1, 0.15) is 16.7 Å². The standard InChI is InChI=1S/C15H14F3NO2S/c1-10-6-11(2)8-13(7-10)19-22(20,21)14-5-3-4-12(9-14)15(16,17)18/h3-9,19H,1-2H3. The Morgan fingerprint density at radius 1 is 0.955 bits per heavy atom. The number of halogens is 3. The Morgan fingerprint density at radius 3 is 2.09 bits per heavy atom. The van der Waals surface area contributed by atoms with Gasteiger partial charge in [0.15, 0.2) is 0 Å². The molecule has 7 heteroatoms. The van der Waals surface area contributed by atoms with Crippen molar-refractivity contribution in [2.24, 2.45) is 0 Å². The first-order valence-corrected chi connectivity index (χ1v) is 7.85. The molecule has 0 atom stereocenters. The maximum Gasteiger partial charge on any atom is 0.416 e. The molecule has 2 aromatic rings. The maximum atomic E-state index is 12.7. The molecule has 0 heterocycles. The van der Waals surface area contributed by atoms with Crippen molar-refractivity contribution in [3.8, 4) is 0 Å². The number of aryl methyl sites for hydroxylation is 2. The molecule has 3 nitrogen and oxygen atoms in total. The van der Waals surface area contributed by atoms with E-state index in [0.29, 0.717) is 11.8 Å². The number of hydrogen-bond donors (Lipinski definition) is 1. The van der Waals surface area contributed by atoms with E-state index < -0.39 is 26.7 Å². The summed E-state index contributed by atoms with van der Waals surface area (Å²) in [5.74, 6) is 0. The highest BCUT2D eigenvalue weighted by Gasteiger charge is 2.31. The fourth-order valence-corrected chi connectivity index (χ4v) is 3.17. The first-order valence-electron chi connectivity index (χ1n) is 6.36. The smallest absolute Gasteiger partial charge is 0.280 e. The Kier molecular flexibility index (Phi) is 4.19. The Bertz CT molecular complexity index is 778. The minimum absolute atomic E-state index is 0.315. The Balaban J connectivity index is 2.39. The van der Waals surface area contributed by atoms with Crippen molar-refractivity contribution in [1.82, 2.24) is 0 Å². The summed E-state index contributed by atoms with van der Waals surface area (Å²) < 4.78 is 64.8. The Labute approximate surface area is 126 Å². The lowest BCUT2D eigenvalue weighted by Crippen LogP contribution is -2.14. The van der Waals surface area contributed by atoms with Crippen molar-refractivity contribution in [3.05, 3.63) is 59.2 Å². The molecule has 0 aliphatic rings. The molecule has 1 N–H and O–H groups in total. The molecule has 0 amide bonds. The van der Waals surface area contributed by atoms with Gasteiger partial charge < -0.3 is 0 Å². The van der Waals surface area contributed by atoms with Crippen molar-refractivity contribution in [3.63, 3.8) is 0 Å². The second kappa shape index (κ2) is 5.64. The SMILES string of the molecule is Cc1cc(C)cc(NS(=O)(=O)c2cccc(C(F)(F)F)c2)c1. The van der Waals surface area contributed by atoms with Gasteiger partial charge in [0.1, 0.15) is 0 Å². The van der Waals surface area contributed by atoms with Gasteiger partial charge in [0.05, 0.1) is 10.5 Å². The predicted octanol–water partition coefficient (Wildman–Crippen LogP) is 4.12. The third-order valence-electron chi connectivity index (χ3n) is 2.95. The first kappa shape index (κ1) is 16.4. The molecule has 0 aliphatic carbocycles. The van der Waals surface area contributed by atoms with E-state index in [1.54, 1.807) is 26.0 Å². The maximum absolute atomic E-state index is 12.7. The van der Waals surface area contributed by atoms with Gasteiger partial charge in [-0.3, -0.25) is 4.72 Å². The molecule has 0 spiro atoms. The molecule has 0 radical (unpaired) electrons. The molecule has 2 rings (SSSR count). The van der Waals surface area contributed by atoms with Gasteiger partial charge in [-0.1, -0.05) is 12.1 Å². The lowest BCUT2D eigenvalue weighted by atomic mass is 10.1. The summed E-state index contributed by atoms with van der Waals surface area (Å²) in [6.07, 6.45) is -4.59. The summed E-state index contributed by atoms with van der Waals surface area (Å²) in [5, 5.41) is 0. The summed E-state index contributed by atoms with van der Waals surface area (Å²) in [4.78, 5) is -0.429. The number of alkyl halides is 3. The molecule has 118 valence electrons. The van der Waals surface area contributed by atoms with Gasteiger partial charge in [-0.2, -0.15) is 13.2 Å². The van der Waals surface area contributed by atoms with Crippen molar-refractivity contribution < 1.29 is 21.6 Å². The summed E-state index contributed by atoms with van der Waals surface area (Å²) in [5.41, 5.74) is 1.01. The molecule has 0 unspecified atom stereocenters. The quantitative estimate of drug-likeness (QED) is 0.920. The number of rotatable bonds is 3. The van der Waals surface area contributed by atoms with E-state index in [1.807, 2.05) is 6.07 Å². The molecular formula is C15H14F3NO2S. The topological polar surface area (TPSA) is 46.2 Å². The van der Waals surface area contributed by atoms with Gasteiger partial charge in [0.2, 0.25) is 0 Å². The van der Waals surface area contributed by atoms with Crippen molar-refractivity contribution >= 4 is 15.7 Å². The lowest BCUT2D eigenvalue weighted by Gasteiger charge is -2.12. The Hall–Kier alpha value is -2.02. The first-order chi connectivity index (χ1) is 10.1. The van der Waals surface area contributed by atoms with E-state index in [4.69, 9.17) is 0 Å². The third kappa shape index (κ3) is 3.79. The summed E-state index contributed by atoms with van der Waals surface area (Å²) in [6.45, 7) is 3.60. The van der Waals surface area contributed by atoms with E-state index in [2.05, 4.69) is 4.72 Å². The fourth-order valence-electron chi connectivity index (χ4n) is 2.09. The monoisotopic (exact) mass is 329 g/mol. The van der Waals surface area contributed by atoms with E-state index in [-0.39, 0.29) is 0 Å². The number of sulfonamides is 1. The van der Waals surface area contributed by atoms with Gasteiger partial charge in [0, 0.05) is 5.69 Å². The highest BCUT2D eigenvalue weighted by molar-refractivity contribution is 7.92. The second-order valence-electron chi connectivity index (χ2n) is 5.01. The van der Waals surface area contributed by atoms with Crippen LogP contribution in [-0.2, 0) is 16.2 Å². The van der Waals surface area contributed by atoms with E-state index in [9.17, 15) is 21.6 Å². The van der Waals surface area contributed by atoms with Gasteiger partial charge in [-0.25, -0.2) is 8.42 Å². The van der Waals surface area contributed by atoms with Crippen LogP contribution < -0.4 is 4.72 Å². The largest absolute Gasteiger partial charge is 0.416 e. The van der Waals surface area contributed by atoms with Crippen LogP contribution in [-0.4, -0.2) is 8.42 Å². The fraction of sp³-hybridized carbons (Fsp3) is 0.200. The third-order valence-corrected chi connectivity index (χ3v) is 4.32. The summed E-state index contributed by atoms with van der Waals surface area (Å²) in [6, 6.07) is 8.72. The van der Waals surface area contributed by atoms with Crippen LogP contribution in [0, 0.1) is 13.8 Å². The molecule has 0 saturated heterocycles. The molecule has 22 heavy (non-hydrogen) atoms. The molecule has 2 aromatic carbocycles. The zero-order chi connectivity index (χ0) is 16.5. The highest BCUT2D eigenvalue weighted by Crippen LogP contribution is 2.31. The number of nitrogens with one attached hydrogen (secondary N) is 1. The van der Waals surface area contributed by atoms with E-state index in [1.165, 1.54) is 0 Å². The molecule has 0 fully saturated rings. The molecular weight excluding hydrogens is 315 g/mol.